The van der Waals surface area contributed by atoms with Crippen LogP contribution in [0, 0.1) is 0 Å². The summed E-state index contributed by atoms with van der Waals surface area (Å²) >= 11 is 0. The first kappa shape index (κ1) is 24.9. The number of halogens is 7. The number of rotatable bonds is 3. The molecule has 178 valence electrons. The van der Waals surface area contributed by atoms with E-state index in [9.17, 15) is 31.1 Å². The predicted octanol–water partition coefficient (Wildman–Crippen LogP) is 5.28. The van der Waals surface area contributed by atoms with Gasteiger partial charge in [0.05, 0.1) is 11.1 Å². The van der Waals surface area contributed by atoms with Gasteiger partial charge in [-0.1, -0.05) is 18.2 Å². The quantitative estimate of drug-likeness (QED) is 0.490. The second-order valence-electron chi connectivity index (χ2n) is 7.71. The van der Waals surface area contributed by atoms with Crippen LogP contribution in [0.5, 0.6) is 0 Å². The average Bonchev–Trinajstić information content (AvgIpc) is 3.15. The van der Waals surface area contributed by atoms with E-state index in [0.717, 1.165) is 16.5 Å². The molecule has 1 unspecified atom stereocenters. The Morgan fingerprint density at radius 1 is 1.00 bits per heavy atom. The standard InChI is InChI=1S/C22H19F6N3O.ClH/c23-21(24,25)15-7-13(8-16(10-15)22(26,27)28)20(32)31-6-5-29-12-17(31)9-14-11-30-19-4-2-1-3-18(14)19;/h1-4,7-8,10-11,17,29-30H,5-6,9,12H2;1H. The average molecular weight is 492 g/mol. The molecule has 1 aromatic heterocycles. The molecule has 0 spiro atoms. The first-order valence-corrected chi connectivity index (χ1v) is 9.90. The van der Waals surface area contributed by atoms with E-state index in [1.54, 1.807) is 6.20 Å². The van der Waals surface area contributed by atoms with Crippen molar-refractivity contribution in [3.8, 4) is 0 Å². The van der Waals surface area contributed by atoms with Crippen LogP contribution in [0.2, 0.25) is 0 Å². The van der Waals surface area contributed by atoms with Crippen molar-refractivity contribution in [1.82, 2.24) is 15.2 Å². The molecule has 0 aliphatic carbocycles. The number of piperazine rings is 1. The number of H-pyrrole nitrogens is 1. The Morgan fingerprint density at radius 2 is 1.64 bits per heavy atom. The van der Waals surface area contributed by atoms with Crippen LogP contribution in [0.25, 0.3) is 10.9 Å². The highest BCUT2D eigenvalue weighted by atomic mass is 35.5. The molecule has 0 radical (unpaired) electrons. The molecule has 1 amide bonds. The van der Waals surface area contributed by atoms with Crippen molar-refractivity contribution in [1.29, 1.82) is 0 Å². The first-order valence-electron chi connectivity index (χ1n) is 9.90. The summed E-state index contributed by atoms with van der Waals surface area (Å²) in [6, 6.07) is 8.10. The summed E-state index contributed by atoms with van der Waals surface area (Å²) in [5.74, 6) is -0.854. The van der Waals surface area contributed by atoms with E-state index in [4.69, 9.17) is 0 Å². The van der Waals surface area contributed by atoms with Crippen LogP contribution < -0.4 is 5.32 Å². The molecule has 3 aromatic rings. The third-order valence-electron chi connectivity index (χ3n) is 5.58. The summed E-state index contributed by atoms with van der Waals surface area (Å²) in [6.45, 7) is 0.932. The van der Waals surface area contributed by atoms with Gasteiger partial charge in [0.1, 0.15) is 0 Å². The van der Waals surface area contributed by atoms with Gasteiger partial charge in [-0.25, -0.2) is 0 Å². The van der Waals surface area contributed by atoms with Gasteiger partial charge in [0.2, 0.25) is 0 Å². The Kier molecular flexibility index (Phi) is 6.99. The topological polar surface area (TPSA) is 48.1 Å². The number of carbonyl (C=O) groups is 1. The molecule has 1 aliphatic heterocycles. The van der Waals surface area contributed by atoms with Crippen molar-refractivity contribution in [2.45, 2.75) is 24.8 Å². The molecule has 0 bridgehead atoms. The zero-order chi connectivity index (χ0) is 23.1. The minimum Gasteiger partial charge on any atom is -0.361 e. The maximum atomic E-state index is 13.2. The molecular weight excluding hydrogens is 472 g/mol. The molecule has 1 atom stereocenters. The van der Waals surface area contributed by atoms with Crippen LogP contribution in [0.1, 0.15) is 27.0 Å². The molecule has 2 heterocycles. The van der Waals surface area contributed by atoms with Crippen molar-refractivity contribution < 1.29 is 31.1 Å². The summed E-state index contributed by atoms with van der Waals surface area (Å²) in [5, 5.41) is 4.09. The van der Waals surface area contributed by atoms with E-state index in [1.807, 2.05) is 24.3 Å². The molecule has 2 aromatic carbocycles. The second-order valence-corrected chi connectivity index (χ2v) is 7.71. The number of carbonyl (C=O) groups excluding carboxylic acids is 1. The van der Waals surface area contributed by atoms with Crippen LogP contribution in [0.3, 0.4) is 0 Å². The number of aromatic nitrogens is 1. The number of aromatic amines is 1. The van der Waals surface area contributed by atoms with Crippen LogP contribution in [0.4, 0.5) is 26.3 Å². The van der Waals surface area contributed by atoms with Gasteiger partial charge in [0, 0.05) is 48.3 Å². The SMILES string of the molecule is Cl.O=C(c1cc(C(F)(F)F)cc(C(F)(F)F)c1)N1CCNCC1Cc1c[nH]c2ccccc12. The van der Waals surface area contributed by atoms with Crippen molar-refractivity contribution in [3.63, 3.8) is 0 Å². The van der Waals surface area contributed by atoms with Crippen LogP contribution >= 0.6 is 12.4 Å². The fourth-order valence-corrected chi connectivity index (χ4v) is 4.01. The zero-order valence-electron chi connectivity index (χ0n) is 17.1. The van der Waals surface area contributed by atoms with Crippen LogP contribution in [0.15, 0.2) is 48.7 Å². The summed E-state index contributed by atoms with van der Waals surface area (Å²) in [5.41, 5.74) is -1.82. The molecule has 33 heavy (non-hydrogen) atoms. The van der Waals surface area contributed by atoms with Crippen molar-refractivity contribution in [2.24, 2.45) is 0 Å². The van der Waals surface area contributed by atoms with Gasteiger partial charge in [-0.3, -0.25) is 4.79 Å². The van der Waals surface area contributed by atoms with Gasteiger partial charge in [0.15, 0.2) is 0 Å². The maximum Gasteiger partial charge on any atom is 0.416 e. The number of hydrogen-bond donors (Lipinski definition) is 2. The molecule has 1 fully saturated rings. The van der Waals surface area contributed by atoms with Crippen molar-refractivity contribution >= 4 is 29.2 Å². The number of hydrogen-bond acceptors (Lipinski definition) is 2. The molecule has 1 saturated heterocycles. The number of alkyl halides is 6. The van der Waals surface area contributed by atoms with E-state index in [-0.39, 0.29) is 25.0 Å². The molecule has 0 saturated carbocycles. The monoisotopic (exact) mass is 491 g/mol. The van der Waals surface area contributed by atoms with Crippen LogP contribution in [-0.4, -0.2) is 41.5 Å². The summed E-state index contributed by atoms with van der Waals surface area (Å²) in [6.07, 6.45) is -7.83. The fourth-order valence-electron chi connectivity index (χ4n) is 4.01. The zero-order valence-corrected chi connectivity index (χ0v) is 17.9. The van der Waals surface area contributed by atoms with Gasteiger partial charge >= 0.3 is 12.4 Å². The fraction of sp³-hybridized carbons (Fsp3) is 0.318. The van der Waals surface area contributed by atoms with Gasteiger partial charge in [0.25, 0.3) is 5.91 Å². The van der Waals surface area contributed by atoms with E-state index < -0.39 is 41.0 Å². The van der Waals surface area contributed by atoms with Crippen LogP contribution in [-0.2, 0) is 18.8 Å². The lowest BCUT2D eigenvalue weighted by Gasteiger charge is -2.36. The highest BCUT2D eigenvalue weighted by Gasteiger charge is 2.38. The summed E-state index contributed by atoms with van der Waals surface area (Å²) < 4.78 is 79.3. The molecule has 2 N–H and O–H groups in total. The third kappa shape index (κ3) is 5.27. The molecule has 11 heteroatoms. The smallest absolute Gasteiger partial charge is 0.361 e. The van der Waals surface area contributed by atoms with E-state index in [1.165, 1.54) is 4.90 Å². The largest absolute Gasteiger partial charge is 0.416 e. The lowest BCUT2D eigenvalue weighted by Crippen LogP contribution is -2.54. The number of nitrogens with zero attached hydrogens (tertiary/aromatic N) is 1. The van der Waals surface area contributed by atoms with Crippen molar-refractivity contribution in [2.75, 3.05) is 19.6 Å². The van der Waals surface area contributed by atoms with Gasteiger partial charge in [-0.05, 0) is 36.2 Å². The van der Waals surface area contributed by atoms with Gasteiger partial charge in [-0.2, -0.15) is 26.3 Å². The number of benzene rings is 2. The normalized spacial score (nSPS) is 17.2. The first-order chi connectivity index (χ1) is 15.0. The Balaban J connectivity index is 0.00000306. The minimum atomic E-state index is -5.01. The number of para-hydroxylation sites is 1. The lowest BCUT2D eigenvalue weighted by atomic mass is 9.99. The van der Waals surface area contributed by atoms with Gasteiger partial charge < -0.3 is 15.2 Å². The Hall–Kier alpha value is -2.72. The lowest BCUT2D eigenvalue weighted by molar-refractivity contribution is -0.143. The Morgan fingerprint density at radius 3 is 2.27 bits per heavy atom. The Labute approximate surface area is 191 Å². The van der Waals surface area contributed by atoms with E-state index >= 15 is 0 Å². The Bertz CT molecular complexity index is 1110. The number of amides is 1. The number of nitrogens with one attached hydrogen (secondary N) is 2. The number of fused-ring (bicyclic) bond motifs is 1. The van der Waals surface area contributed by atoms with Crippen molar-refractivity contribution in [3.05, 3.63) is 70.9 Å². The maximum absolute atomic E-state index is 13.2. The molecule has 4 nitrogen and oxygen atoms in total. The van der Waals surface area contributed by atoms with E-state index in [0.29, 0.717) is 31.6 Å². The highest BCUT2D eigenvalue weighted by molar-refractivity contribution is 5.95. The second kappa shape index (κ2) is 9.26. The molecule has 4 rings (SSSR count). The highest BCUT2D eigenvalue weighted by Crippen LogP contribution is 2.36. The third-order valence-corrected chi connectivity index (χ3v) is 5.58. The predicted molar refractivity (Wildman–Crippen MR) is 113 cm³/mol. The van der Waals surface area contributed by atoms with E-state index in [2.05, 4.69) is 10.3 Å². The summed E-state index contributed by atoms with van der Waals surface area (Å²) in [7, 11) is 0. The molecule has 1 aliphatic rings. The minimum absolute atomic E-state index is 0. The molecular formula is C22H20ClF6N3O. The van der Waals surface area contributed by atoms with Gasteiger partial charge in [-0.15, -0.1) is 12.4 Å². The summed E-state index contributed by atoms with van der Waals surface area (Å²) in [4.78, 5) is 17.6.